The minimum absolute atomic E-state index is 0.0597. The van der Waals surface area contributed by atoms with Crippen LogP contribution in [0.2, 0.25) is 5.28 Å². The SMILES string of the molecule is Nc1nc(Cl)nc2c1ncn2[C@H]1C[C@H](O)[C@@H](COC(C=O)(CO)P(=O)(O)O)O1. The molecule has 4 atom stereocenters. The summed E-state index contributed by atoms with van der Waals surface area (Å²) in [6.45, 7) is -1.81. The van der Waals surface area contributed by atoms with Crippen LogP contribution in [0.25, 0.3) is 11.2 Å². The van der Waals surface area contributed by atoms with Gasteiger partial charge in [-0.25, -0.2) is 4.98 Å². The molecule has 13 nitrogen and oxygen atoms in total. The highest BCUT2D eigenvalue weighted by atomic mass is 35.5. The van der Waals surface area contributed by atoms with Crippen LogP contribution in [0.3, 0.4) is 0 Å². The number of nitrogen functional groups attached to an aromatic ring is 1. The van der Waals surface area contributed by atoms with Gasteiger partial charge in [0, 0.05) is 6.42 Å². The number of carbonyl (C=O) groups excluding carboxylic acids is 1. The number of aldehydes is 1. The fraction of sp³-hybridized carbons (Fsp3) is 0.538. The van der Waals surface area contributed by atoms with Gasteiger partial charge in [0.15, 0.2) is 17.8 Å². The number of aliphatic hydroxyl groups excluding tert-OH is 2. The van der Waals surface area contributed by atoms with E-state index in [4.69, 9.17) is 26.8 Å². The predicted octanol–water partition coefficient (Wildman–Crippen LogP) is -1.21. The Morgan fingerprint density at radius 1 is 1.50 bits per heavy atom. The maximum absolute atomic E-state index is 11.5. The topological polar surface area (TPSA) is 203 Å². The Balaban J connectivity index is 1.78. The highest BCUT2D eigenvalue weighted by Crippen LogP contribution is 2.50. The van der Waals surface area contributed by atoms with Crippen molar-refractivity contribution in [2.75, 3.05) is 18.9 Å². The Morgan fingerprint density at radius 3 is 2.82 bits per heavy atom. The lowest BCUT2D eigenvalue weighted by molar-refractivity contribution is -0.137. The zero-order valence-electron chi connectivity index (χ0n) is 14.1. The van der Waals surface area contributed by atoms with Crippen molar-refractivity contribution in [1.29, 1.82) is 0 Å². The van der Waals surface area contributed by atoms with Crippen molar-refractivity contribution in [2.24, 2.45) is 0 Å². The van der Waals surface area contributed by atoms with Gasteiger partial charge in [0.25, 0.3) is 0 Å². The second-order valence-corrected chi connectivity index (χ2v) is 8.29. The van der Waals surface area contributed by atoms with Crippen LogP contribution in [0.1, 0.15) is 12.6 Å². The lowest BCUT2D eigenvalue weighted by Crippen LogP contribution is -2.42. The maximum Gasteiger partial charge on any atom is 0.366 e. The number of ether oxygens (including phenoxy) is 2. The van der Waals surface area contributed by atoms with E-state index in [1.165, 1.54) is 10.9 Å². The summed E-state index contributed by atoms with van der Waals surface area (Å²) in [7, 11) is -5.13. The second-order valence-electron chi connectivity index (χ2n) is 6.11. The molecule has 1 aliphatic rings. The number of aliphatic hydroxyl groups is 2. The quantitative estimate of drug-likeness (QED) is 0.197. The van der Waals surface area contributed by atoms with E-state index >= 15 is 0 Å². The van der Waals surface area contributed by atoms with Gasteiger partial charge in [-0.3, -0.25) is 13.9 Å². The first-order valence-corrected chi connectivity index (χ1v) is 9.87. The molecule has 1 unspecified atom stereocenters. The number of imidazole rings is 1. The van der Waals surface area contributed by atoms with Crippen molar-refractivity contribution in [2.45, 2.75) is 30.2 Å². The van der Waals surface area contributed by atoms with Crippen LogP contribution in [0.5, 0.6) is 0 Å². The first kappa shape index (κ1) is 21.0. The van der Waals surface area contributed by atoms with Crippen molar-refractivity contribution in [3.8, 4) is 0 Å². The Labute approximate surface area is 162 Å². The van der Waals surface area contributed by atoms with Crippen LogP contribution in [0.4, 0.5) is 5.82 Å². The summed E-state index contributed by atoms with van der Waals surface area (Å²) in [5.74, 6) is 0.0625. The Kier molecular flexibility index (Phi) is 5.71. The Morgan fingerprint density at radius 2 is 2.21 bits per heavy atom. The van der Waals surface area contributed by atoms with Gasteiger partial charge >= 0.3 is 7.60 Å². The molecule has 2 aromatic heterocycles. The van der Waals surface area contributed by atoms with Gasteiger partial charge in [-0.1, -0.05) is 0 Å². The number of rotatable bonds is 7. The predicted molar refractivity (Wildman–Crippen MR) is 93.2 cm³/mol. The fourth-order valence-corrected chi connectivity index (χ4v) is 3.48. The molecule has 28 heavy (non-hydrogen) atoms. The number of anilines is 1. The van der Waals surface area contributed by atoms with Crippen LogP contribution >= 0.6 is 19.2 Å². The molecule has 0 amide bonds. The number of halogens is 1. The van der Waals surface area contributed by atoms with Gasteiger partial charge in [0.05, 0.1) is 25.6 Å². The summed E-state index contributed by atoms with van der Waals surface area (Å²) in [5, 5.41) is 16.6. The zero-order chi connectivity index (χ0) is 20.7. The minimum Gasteiger partial charge on any atom is -0.392 e. The third-order valence-electron chi connectivity index (χ3n) is 4.34. The molecule has 0 radical (unpaired) electrons. The first-order valence-electron chi connectivity index (χ1n) is 7.87. The van der Waals surface area contributed by atoms with Crippen LogP contribution in [0.15, 0.2) is 6.33 Å². The van der Waals surface area contributed by atoms with E-state index in [0.717, 1.165) is 0 Å². The molecule has 0 bridgehead atoms. The van der Waals surface area contributed by atoms with E-state index in [2.05, 4.69) is 15.0 Å². The van der Waals surface area contributed by atoms with Gasteiger partial charge in [0.2, 0.25) is 10.6 Å². The van der Waals surface area contributed by atoms with Gasteiger partial charge in [-0.2, -0.15) is 9.97 Å². The fourth-order valence-electron chi connectivity index (χ4n) is 2.75. The summed E-state index contributed by atoms with van der Waals surface area (Å²) >= 11 is 5.81. The lowest BCUT2D eigenvalue weighted by Gasteiger charge is -2.28. The van der Waals surface area contributed by atoms with Crippen molar-refractivity contribution in [3.63, 3.8) is 0 Å². The molecule has 0 saturated carbocycles. The van der Waals surface area contributed by atoms with E-state index in [1.807, 2.05) is 0 Å². The lowest BCUT2D eigenvalue weighted by atomic mass is 10.2. The van der Waals surface area contributed by atoms with E-state index in [-0.39, 0.29) is 35.0 Å². The summed E-state index contributed by atoms with van der Waals surface area (Å²) in [5.41, 5.74) is 6.29. The summed E-state index contributed by atoms with van der Waals surface area (Å²) in [6.07, 6.45) is -1.66. The molecule has 1 aliphatic heterocycles. The molecule has 3 rings (SSSR count). The molecular weight excluding hydrogens is 421 g/mol. The van der Waals surface area contributed by atoms with Crippen molar-refractivity contribution >= 4 is 42.5 Å². The molecule has 0 aliphatic carbocycles. The number of carbonyl (C=O) groups is 1. The van der Waals surface area contributed by atoms with Crippen LogP contribution in [-0.4, -0.2) is 76.6 Å². The normalized spacial score (nSPS) is 25.1. The Hall–Kier alpha value is -1.70. The van der Waals surface area contributed by atoms with Crippen molar-refractivity contribution < 1.29 is 38.8 Å². The molecule has 0 aromatic carbocycles. The van der Waals surface area contributed by atoms with E-state index < -0.39 is 44.6 Å². The van der Waals surface area contributed by atoms with Gasteiger partial charge in [-0.05, 0) is 11.6 Å². The van der Waals surface area contributed by atoms with Crippen LogP contribution < -0.4 is 5.73 Å². The largest absolute Gasteiger partial charge is 0.392 e. The number of hydrogen-bond acceptors (Lipinski definition) is 10. The standard InChI is InChI=1S/C13H17ClN5O8P/c14-12-17-10(15)9-11(18-12)19(5-16-9)8-1-6(22)7(27-8)2-26-13(3-20,4-21)28(23,24)25/h3,5-8,21-22H,1-2,4H2,(H2,15,17,18)(H2,23,24,25)/t6-,7+,8+,13?/m0/s1. The molecule has 0 spiro atoms. The molecular formula is C13H17ClN5O8P. The van der Waals surface area contributed by atoms with Gasteiger partial charge < -0.3 is 35.2 Å². The summed E-state index contributed by atoms with van der Waals surface area (Å²) < 4.78 is 23.6. The highest BCUT2D eigenvalue weighted by molar-refractivity contribution is 7.54. The first-order chi connectivity index (χ1) is 13.1. The Bertz CT molecular complexity index is 937. The molecule has 154 valence electrons. The minimum atomic E-state index is -5.13. The maximum atomic E-state index is 11.5. The number of aromatic nitrogens is 4. The monoisotopic (exact) mass is 437 g/mol. The highest BCUT2D eigenvalue weighted by Gasteiger charge is 2.49. The number of nitrogens with zero attached hydrogens (tertiary/aromatic N) is 4. The van der Waals surface area contributed by atoms with Gasteiger partial charge in [0.1, 0.15) is 17.8 Å². The molecule has 1 fully saturated rings. The second kappa shape index (κ2) is 7.61. The van der Waals surface area contributed by atoms with E-state index in [9.17, 15) is 29.4 Å². The van der Waals surface area contributed by atoms with Crippen molar-refractivity contribution in [1.82, 2.24) is 19.5 Å². The third kappa shape index (κ3) is 3.63. The number of fused-ring (bicyclic) bond motifs is 1. The van der Waals surface area contributed by atoms with E-state index in [1.54, 1.807) is 0 Å². The molecule has 1 saturated heterocycles. The van der Waals surface area contributed by atoms with Gasteiger partial charge in [-0.15, -0.1) is 0 Å². The molecule has 2 aromatic rings. The molecule has 3 heterocycles. The average Bonchev–Trinajstić information content (AvgIpc) is 3.18. The molecule has 6 N–H and O–H groups in total. The van der Waals surface area contributed by atoms with E-state index in [0.29, 0.717) is 0 Å². The average molecular weight is 438 g/mol. The van der Waals surface area contributed by atoms with Crippen LogP contribution in [-0.2, 0) is 18.8 Å². The molecule has 15 heteroatoms. The number of hydrogen-bond donors (Lipinski definition) is 5. The summed E-state index contributed by atoms with van der Waals surface area (Å²) in [4.78, 5) is 41.6. The number of nitrogens with two attached hydrogens (primary N) is 1. The smallest absolute Gasteiger partial charge is 0.366 e. The van der Waals surface area contributed by atoms with Crippen LogP contribution in [0, 0.1) is 0 Å². The van der Waals surface area contributed by atoms with Crippen molar-refractivity contribution in [3.05, 3.63) is 11.6 Å². The summed E-state index contributed by atoms with van der Waals surface area (Å²) in [6, 6.07) is 0. The third-order valence-corrected chi connectivity index (χ3v) is 5.87. The zero-order valence-corrected chi connectivity index (χ0v) is 15.8.